The predicted molar refractivity (Wildman–Crippen MR) is 118 cm³/mol. The topological polar surface area (TPSA) is 40.5 Å². The van der Waals surface area contributed by atoms with Crippen molar-refractivity contribution in [1.29, 1.82) is 0 Å². The van der Waals surface area contributed by atoms with E-state index in [0.29, 0.717) is 28.7 Å². The van der Waals surface area contributed by atoms with Gasteiger partial charge in [-0.15, -0.1) is 0 Å². The lowest BCUT2D eigenvalue weighted by Crippen LogP contribution is -2.49. The summed E-state index contributed by atoms with van der Waals surface area (Å²) in [5.41, 5.74) is 2.67. The van der Waals surface area contributed by atoms with Crippen molar-refractivity contribution in [2.24, 2.45) is 34.0 Å². The molecular weight excluding hydrogens is 358 g/mol. The van der Waals surface area contributed by atoms with Gasteiger partial charge < -0.3 is 10.0 Å². The maximum absolute atomic E-state index is 12.6. The van der Waals surface area contributed by atoms with Crippen LogP contribution in [-0.4, -0.2) is 42.5 Å². The van der Waals surface area contributed by atoms with Crippen molar-refractivity contribution in [3.05, 3.63) is 35.5 Å². The summed E-state index contributed by atoms with van der Waals surface area (Å²) in [5, 5.41) is 10.1. The molecule has 0 aromatic heterocycles. The Labute approximate surface area is 176 Å². The molecule has 0 bridgehead atoms. The number of hydrogen-bond acceptors (Lipinski definition) is 3. The van der Waals surface area contributed by atoms with Gasteiger partial charge in [0.2, 0.25) is 0 Å². The minimum absolute atomic E-state index is 0.0701. The Morgan fingerprint density at radius 1 is 1.07 bits per heavy atom. The molecule has 0 aliphatic heterocycles. The Balaban J connectivity index is 1.73. The molecule has 0 heterocycles. The monoisotopic (exact) mass is 397 g/mol. The summed E-state index contributed by atoms with van der Waals surface area (Å²) in [7, 11) is 4.43. The number of hydrogen-bond donors (Lipinski definition) is 1. The van der Waals surface area contributed by atoms with E-state index in [0.717, 1.165) is 19.3 Å². The molecule has 1 N–H and O–H groups in total. The quantitative estimate of drug-likeness (QED) is 0.745. The Morgan fingerprint density at radius 2 is 1.76 bits per heavy atom. The summed E-state index contributed by atoms with van der Waals surface area (Å²) < 4.78 is 0. The van der Waals surface area contributed by atoms with Gasteiger partial charge in [-0.25, -0.2) is 0 Å². The molecular formula is C26H39NO2. The molecule has 4 aliphatic carbocycles. The van der Waals surface area contributed by atoms with Crippen LogP contribution >= 0.6 is 0 Å². The van der Waals surface area contributed by atoms with E-state index in [-0.39, 0.29) is 18.3 Å². The zero-order valence-corrected chi connectivity index (χ0v) is 19.2. The number of allylic oxidation sites excluding steroid dienone is 6. The molecule has 0 aromatic rings. The van der Waals surface area contributed by atoms with Gasteiger partial charge in [0.25, 0.3) is 0 Å². The molecule has 0 amide bonds. The van der Waals surface area contributed by atoms with Crippen LogP contribution in [0.5, 0.6) is 0 Å². The fourth-order valence-corrected chi connectivity index (χ4v) is 7.42. The average Bonchev–Trinajstić information content (AvgIpc) is 2.84. The van der Waals surface area contributed by atoms with Gasteiger partial charge in [-0.05, 0) is 106 Å². The first-order chi connectivity index (χ1) is 13.6. The second-order valence-corrected chi connectivity index (χ2v) is 11.2. The van der Waals surface area contributed by atoms with Crippen molar-refractivity contribution in [2.75, 3.05) is 20.7 Å². The molecule has 160 valence electrons. The van der Waals surface area contributed by atoms with Gasteiger partial charge >= 0.3 is 0 Å². The normalized spacial score (nSPS) is 45.1. The molecule has 1 fully saturated rings. The smallest absolute Gasteiger partial charge is 0.164 e. The third-order valence-electron chi connectivity index (χ3n) is 10.00. The van der Waals surface area contributed by atoms with E-state index in [1.807, 2.05) is 13.0 Å². The van der Waals surface area contributed by atoms with Crippen LogP contribution in [-0.2, 0) is 4.79 Å². The van der Waals surface area contributed by atoms with Gasteiger partial charge in [-0.2, -0.15) is 0 Å². The van der Waals surface area contributed by atoms with Crippen LogP contribution in [0.2, 0.25) is 0 Å². The molecule has 29 heavy (non-hydrogen) atoms. The molecule has 4 rings (SSSR count). The van der Waals surface area contributed by atoms with Crippen LogP contribution in [0.3, 0.4) is 0 Å². The van der Waals surface area contributed by atoms with E-state index in [4.69, 9.17) is 0 Å². The van der Waals surface area contributed by atoms with E-state index in [1.54, 1.807) is 6.08 Å². The van der Waals surface area contributed by atoms with Crippen molar-refractivity contribution in [2.45, 2.75) is 65.8 Å². The maximum Gasteiger partial charge on any atom is 0.164 e. The molecule has 7 atom stereocenters. The zero-order chi connectivity index (χ0) is 21.2. The van der Waals surface area contributed by atoms with Crippen LogP contribution in [0.25, 0.3) is 0 Å². The average molecular weight is 398 g/mol. The Morgan fingerprint density at radius 3 is 2.41 bits per heavy atom. The van der Waals surface area contributed by atoms with Gasteiger partial charge in [-0.1, -0.05) is 32.1 Å². The highest BCUT2D eigenvalue weighted by atomic mass is 16.3. The largest absolute Gasteiger partial charge is 0.395 e. The summed E-state index contributed by atoms with van der Waals surface area (Å²) in [6, 6.07) is 0.585. The number of rotatable bonds is 3. The lowest BCUT2D eigenvalue weighted by atomic mass is 9.51. The van der Waals surface area contributed by atoms with Crippen molar-refractivity contribution in [1.82, 2.24) is 4.90 Å². The Kier molecular flexibility index (Phi) is 5.02. The Hall–Kier alpha value is -1.19. The minimum atomic E-state index is -0.670. The number of ketones is 1. The van der Waals surface area contributed by atoms with Crippen LogP contribution in [0, 0.1) is 34.0 Å². The number of fused-ring (bicyclic) bond motifs is 4. The summed E-state index contributed by atoms with van der Waals surface area (Å²) >= 11 is 0. The van der Waals surface area contributed by atoms with Crippen LogP contribution in [0.4, 0.5) is 0 Å². The highest BCUT2D eigenvalue weighted by molar-refractivity contribution is 5.97. The van der Waals surface area contributed by atoms with Gasteiger partial charge in [0.15, 0.2) is 5.78 Å². The van der Waals surface area contributed by atoms with E-state index in [2.05, 4.69) is 51.9 Å². The molecule has 0 radical (unpaired) electrons. The standard InChI is InChI=1S/C26H39NO2/c1-17(27(5)6)20-12-14-26(4)22-9-8-21-18(7-10-23(29)24(21,2)16-28)15-19(22)11-13-25(20,26)3/h7,10-11,15,17,20-22,28H,8-9,12-14,16H2,1-6H3/t17-,20+,21+,22+,24+,25+,26-/m0/s1. The van der Waals surface area contributed by atoms with Crippen molar-refractivity contribution in [3.8, 4) is 0 Å². The summed E-state index contributed by atoms with van der Waals surface area (Å²) in [6.45, 7) is 9.38. The molecule has 0 spiro atoms. The fraction of sp³-hybridized carbons (Fsp3) is 0.731. The number of aliphatic hydroxyl groups excluding tert-OH is 1. The van der Waals surface area contributed by atoms with Gasteiger partial charge in [-0.3, -0.25) is 4.79 Å². The summed E-state index contributed by atoms with van der Waals surface area (Å²) in [6.07, 6.45) is 14.4. The first-order valence-electron chi connectivity index (χ1n) is 11.5. The van der Waals surface area contributed by atoms with Crippen molar-refractivity contribution < 1.29 is 9.90 Å². The molecule has 1 saturated carbocycles. The maximum atomic E-state index is 12.6. The summed E-state index contributed by atoms with van der Waals surface area (Å²) in [4.78, 5) is 15.0. The first-order valence-corrected chi connectivity index (χ1v) is 11.5. The van der Waals surface area contributed by atoms with Gasteiger partial charge in [0, 0.05) is 6.04 Å². The second kappa shape index (κ2) is 6.92. The van der Waals surface area contributed by atoms with Crippen LogP contribution in [0.15, 0.2) is 35.5 Å². The lowest BCUT2D eigenvalue weighted by Gasteiger charge is -2.54. The van der Waals surface area contributed by atoms with E-state index in [1.165, 1.54) is 24.0 Å². The predicted octanol–water partition coefficient (Wildman–Crippen LogP) is 4.78. The molecule has 3 heteroatoms. The van der Waals surface area contributed by atoms with E-state index in [9.17, 15) is 9.90 Å². The molecule has 4 aliphatic rings. The van der Waals surface area contributed by atoms with Gasteiger partial charge in [0.1, 0.15) is 0 Å². The number of carbonyl (C=O) groups is 1. The third kappa shape index (κ3) is 2.80. The molecule has 0 aromatic carbocycles. The SMILES string of the molecule is C[C@@H]([C@H]1CC[C@@]2(C)[C@@H]3CC[C@@H]4C(=CC3=CC[C@]12C)C=CC(=O)[C@]4(C)CO)N(C)C. The fourth-order valence-electron chi connectivity index (χ4n) is 7.42. The van der Waals surface area contributed by atoms with Crippen LogP contribution < -0.4 is 0 Å². The lowest BCUT2D eigenvalue weighted by molar-refractivity contribution is -0.128. The number of aliphatic hydroxyl groups is 1. The molecule has 3 nitrogen and oxygen atoms in total. The zero-order valence-electron chi connectivity index (χ0n) is 19.2. The highest BCUT2D eigenvalue weighted by Crippen LogP contribution is 2.67. The number of carbonyl (C=O) groups excluding carboxylic acids is 1. The third-order valence-corrected chi connectivity index (χ3v) is 10.00. The van der Waals surface area contributed by atoms with Crippen molar-refractivity contribution in [3.63, 3.8) is 0 Å². The van der Waals surface area contributed by atoms with Crippen molar-refractivity contribution >= 4 is 5.78 Å². The first kappa shape index (κ1) is 21.1. The van der Waals surface area contributed by atoms with E-state index >= 15 is 0 Å². The summed E-state index contributed by atoms with van der Waals surface area (Å²) in [5.74, 6) is 1.47. The molecule has 0 unspecified atom stereocenters. The van der Waals surface area contributed by atoms with Gasteiger partial charge in [0.05, 0.1) is 12.0 Å². The highest BCUT2D eigenvalue weighted by Gasteiger charge is 2.60. The molecule has 0 saturated heterocycles. The van der Waals surface area contributed by atoms with Crippen LogP contribution in [0.1, 0.15) is 59.8 Å². The number of nitrogens with zero attached hydrogens (tertiary/aromatic N) is 1. The van der Waals surface area contributed by atoms with E-state index < -0.39 is 5.41 Å². The second-order valence-electron chi connectivity index (χ2n) is 11.2. The Bertz CT molecular complexity index is 793. The minimum Gasteiger partial charge on any atom is -0.395 e.